The molecule has 1 saturated heterocycles. The van der Waals surface area contributed by atoms with Crippen molar-refractivity contribution < 1.29 is 4.74 Å². The molecule has 0 aliphatic carbocycles. The monoisotopic (exact) mass is 321 g/mol. The number of rotatable bonds is 5. The van der Waals surface area contributed by atoms with Gasteiger partial charge in [0.05, 0.1) is 11.7 Å². The zero-order chi connectivity index (χ0) is 15.5. The molecule has 1 aliphatic rings. The van der Waals surface area contributed by atoms with Gasteiger partial charge in [0, 0.05) is 58.1 Å². The van der Waals surface area contributed by atoms with Gasteiger partial charge in [0.2, 0.25) is 0 Å². The first-order valence-corrected chi connectivity index (χ1v) is 8.46. The molecular weight excluding hydrogens is 298 g/mol. The van der Waals surface area contributed by atoms with Crippen molar-refractivity contribution in [3.63, 3.8) is 0 Å². The summed E-state index contributed by atoms with van der Waals surface area (Å²) in [4.78, 5) is 11.7. The van der Waals surface area contributed by atoms with Crippen LogP contribution in [0.3, 0.4) is 0 Å². The average molecular weight is 321 g/mol. The van der Waals surface area contributed by atoms with E-state index in [0.717, 1.165) is 42.7 Å². The predicted octanol–water partition coefficient (Wildman–Crippen LogP) is 1.73. The molecule has 0 bridgehead atoms. The minimum absolute atomic E-state index is 0.0621. The highest BCUT2D eigenvalue weighted by Gasteiger charge is 2.27. The highest BCUT2D eigenvalue weighted by molar-refractivity contribution is 7.09. The van der Waals surface area contributed by atoms with Crippen LogP contribution in [0.1, 0.15) is 35.6 Å². The molecule has 2 aromatic rings. The van der Waals surface area contributed by atoms with Gasteiger partial charge in [-0.25, -0.2) is 9.97 Å². The fraction of sp³-hybridized carbons (Fsp3) is 0.600. The van der Waals surface area contributed by atoms with Crippen LogP contribution in [0.5, 0.6) is 0 Å². The first kappa shape index (κ1) is 15.6. The quantitative estimate of drug-likeness (QED) is 0.909. The minimum Gasteiger partial charge on any atom is -0.375 e. The zero-order valence-corrected chi connectivity index (χ0v) is 14.1. The van der Waals surface area contributed by atoms with Crippen LogP contribution >= 0.6 is 11.3 Å². The Morgan fingerprint density at radius 3 is 3.14 bits per heavy atom. The van der Waals surface area contributed by atoms with Crippen molar-refractivity contribution in [1.82, 2.24) is 24.8 Å². The van der Waals surface area contributed by atoms with Gasteiger partial charge in [-0.15, -0.1) is 11.3 Å². The van der Waals surface area contributed by atoms with Gasteiger partial charge in [0.1, 0.15) is 16.9 Å². The second kappa shape index (κ2) is 6.87. The molecule has 7 heteroatoms. The zero-order valence-electron chi connectivity index (χ0n) is 13.3. The van der Waals surface area contributed by atoms with Gasteiger partial charge in [-0.05, 0) is 6.92 Å². The molecule has 0 radical (unpaired) electrons. The van der Waals surface area contributed by atoms with Gasteiger partial charge >= 0.3 is 0 Å². The molecule has 3 rings (SSSR count). The molecule has 0 aromatic carbocycles. The van der Waals surface area contributed by atoms with Gasteiger partial charge in [0.25, 0.3) is 0 Å². The maximum absolute atomic E-state index is 5.35. The van der Waals surface area contributed by atoms with Crippen molar-refractivity contribution in [1.29, 1.82) is 0 Å². The van der Waals surface area contributed by atoms with Crippen molar-refractivity contribution in [3.05, 3.63) is 34.3 Å². The Balaban J connectivity index is 1.74. The Hall–Kier alpha value is -1.28. The van der Waals surface area contributed by atoms with E-state index in [1.54, 1.807) is 18.4 Å². The summed E-state index contributed by atoms with van der Waals surface area (Å²) in [6.45, 7) is 5.82. The Morgan fingerprint density at radius 1 is 1.55 bits per heavy atom. The molecular formula is C15H23N5OS. The number of hydrogen-bond donors (Lipinski definition) is 1. The molecule has 22 heavy (non-hydrogen) atoms. The number of piperazine rings is 1. The Kier molecular flexibility index (Phi) is 4.87. The van der Waals surface area contributed by atoms with E-state index in [1.165, 1.54) is 0 Å². The molecule has 0 spiro atoms. The second-order valence-corrected chi connectivity index (χ2v) is 6.53. The number of nitrogens with one attached hydrogen (secondary N) is 1. The van der Waals surface area contributed by atoms with E-state index in [1.807, 2.05) is 19.3 Å². The molecule has 2 unspecified atom stereocenters. The van der Waals surface area contributed by atoms with Crippen LogP contribution in [-0.2, 0) is 18.3 Å². The largest absolute Gasteiger partial charge is 0.375 e. The Labute approximate surface area is 135 Å². The standard InChI is InChI=1S/C15H23N5OS/c1-11(21-3)15-18-12(10-22-15)9-20-7-4-16-8-13(20)14-17-5-6-19(14)2/h5-6,10-11,13,16H,4,7-9H2,1-3H3. The molecule has 1 fully saturated rings. The number of methoxy groups -OCH3 is 1. The lowest BCUT2D eigenvalue weighted by Gasteiger charge is -2.35. The van der Waals surface area contributed by atoms with Crippen molar-refractivity contribution in [3.8, 4) is 0 Å². The van der Waals surface area contributed by atoms with Crippen molar-refractivity contribution >= 4 is 11.3 Å². The molecule has 120 valence electrons. The van der Waals surface area contributed by atoms with E-state index in [-0.39, 0.29) is 6.10 Å². The summed E-state index contributed by atoms with van der Waals surface area (Å²) in [5, 5.41) is 6.65. The van der Waals surface area contributed by atoms with Crippen molar-refractivity contribution in [2.45, 2.75) is 25.6 Å². The van der Waals surface area contributed by atoms with Gasteiger partial charge in [-0.2, -0.15) is 0 Å². The molecule has 2 atom stereocenters. The van der Waals surface area contributed by atoms with E-state index in [4.69, 9.17) is 9.72 Å². The maximum atomic E-state index is 5.35. The van der Waals surface area contributed by atoms with Gasteiger partial charge in [-0.3, -0.25) is 4.90 Å². The first-order valence-electron chi connectivity index (χ1n) is 7.58. The normalized spacial score (nSPS) is 21.1. The van der Waals surface area contributed by atoms with E-state index in [0.29, 0.717) is 6.04 Å². The van der Waals surface area contributed by atoms with Crippen molar-refractivity contribution in [2.75, 3.05) is 26.7 Å². The smallest absolute Gasteiger partial charge is 0.127 e. The van der Waals surface area contributed by atoms with Gasteiger partial charge in [-0.1, -0.05) is 0 Å². The number of imidazole rings is 1. The van der Waals surface area contributed by atoms with Gasteiger partial charge < -0.3 is 14.6 Å². The number of nitrogens with zero attached hydrogens (tertiary/aromatic N) is 4. The first-order chi connectivity index (χ1) is 10.7. The highest BCUT2D eigenvalue weighted by atomic mass is 32.1. The third kappa shape index (κ3) is 3.22. The fourth-order valence-corrected chi connectivity index (χ4v) is 3.62. The topological polar surface area (TPSA) is 55.2 Å². The number of ether oxygens (including phenoxy) is 1. The summed E-state index contributed by atoms with van der Waals surface area (Å²) >= 11 is 1.67. The summed E-state index contributed by atoms with van der Waals surface area (Å²) in [5.74, 6) is 1.10. The molecule has 1 N–H and O–H groups in total. The molecule has 0 saturated carbocycles. The van der Waals surface area contributed by atoms with Gasteiger partial charge in [0.15, 0.2) is 0 Å². The van der Waals surface area contributed by atoms with Crippen LogP contribution in [0.2, 0.25) is 0 Å². The van der Waals surface area contributed by atoms with Crippen LogP contribution in [0.4, 0.5) is 0 Å². The maximum Gasteiger partial charge on any atom is 0.127 e. The van der Waals surface area contributed by atoms with E-state index >= 15 is 0 Å². The van der Waals surface area contributed by atoms with E-state index in [9.17, 15) is 0 Å². The Bertz CT molecular complexity index is 611. The summed E-state index contributed by atoms with van der Waals surface area (Å²) in [5.41, 5.74) is 1.12. The number of thiazole rings is 1. The summed E-state index contributed by atoms with van der Waals surface area (Å²) in [7, 11) is 3.77. The van der Waals surface area contributed by atoms with Crippen LogP contribution < -0.4 is 5.32 Å². The number of aromatic nitrogens is 3. The third-order valence-corrected chi connectivity index (χ3v) is 5.20. The van der Waals surface area contributed by atoms with Crippen molar-refractivity contribution in [2.24, 2.45) is 7.05 Å². The summed E-state index contributed by atoms with van der Waals surface area (Å²) in [6, 6.07) is 0.291. The molecule has 6 nitrogen and oxygen atoms in total. The van der Waals surface area contributed by atoms with Crippen LogP contribution in [-0.4, -0.2) is 46.2 Å². The summed E-state index contributed by atoms with van der Waals surface area (Å²) in [6.07, 6.45) is 3.93. The van der Waals surface area contributed by atoms with E-state index in [2.05, 4.69) is 32.2 Å². The average Bonchev–Trinajstić information content (AvgIpc) is 3.16. The lowest BCUT2D eigenvalue weighted by molar-refractivity contribution is 0.118. The minimum atomic E-state index is 0.0621. The summed E-state index contributed by atoms with van der Waals surface area (Å²) < 4.78 is 7.45. The lowest BCUT2D eigenvalue weighted by Crippen LogP contribution is -2.46. The molecule has 0 amide bonds. The van der Waals surface area contributed by atoms with Crippen LogP contribution in [0.25, 0.3) is 0 Å². The molecule has 3 heterocycles. The highest BCUT2D eigenvalue weighted by Crippen LogP contribution is 2.25. The SMILES string of the molecule is COC(C)c1nc(CN2CCNCC2c2nccn2C)cs1. The number of aryl methyl sites for hydroxylation is 1. The van der Waals surface area contributed by atoms with Crippen LogP contribution in [0, 0.1) is 0 Å². The molecule has 1 aliphatic heterocycles. The Morgan fingerprint density at radius 2 is 2.41 bits per heavy atom. The predicted molar refractivity (Wildman–Crippen MR) is 86.8 cm³/mol. The van der Waals surface area contributed by atoms with E-state index < -0.39 is 0 Å². The second-order valence-electron chi connectivity index (χ2n) is 5.64. The number of hydrogen-bond acceptors (Lipinski definition) is 6. The third-order valence-electron chi connectivity index (χ3n) is 4.15. The lowest BCUT2D eigenvalue weighted by atomic mass is 10.1. The van der Waals surface area contributed by atoms with Crippen LogP contribution in [0.15, 0.2) is 17.8 Å². The fourth-order valence-electron chi connectivity index (χ4n) is 2.78. The molecule has 2 aromatic heterocycles.